The molecule has 0 bridgehead atoms. The van der Waals surface area contributed by atoms with Gasteiger partial charge in [0.25, 0.3) is 0 Å². The van der Waals surface area contributed by atoms with E-state index in [1.54, 1.807) is 0 Å². The van der Waals surface area contributed by atoms with Crippen LogP contribution < -0.4 is 5.32 Å². The fourth-order valence-electron chi connectivity index (χ4n) is 1.76. The molecule has 0 aromatic heterocycles. The molecule has 0 aliphatic heterocycles. The SMILES string of the molecule is Cc1ccc(CCNC(=O)C2(C#N)CC2)cc1. The van der Waals surface area contributed by atoms with Crippen LogP contribution in [0.4, 0.5) is 0 Å². The van der Waals surface area contributed by atoms with Gasteiger partial charge in [-0.25, -0.2) is 0 Å². The molecule has 1 aromatic carbocycles. The number of carbonyl (C=O) groups excluding carboxylic acids is 1. The minimum Gasteiger partial charge on any atom is -0.354 e. The number of hydrogen-bond donors (Lipinski definition) is 1. The van der Waals surface area contributed by atoms with E-state index in [9.17, 15) is 4.79 Å². The van der Waals surface area contributed by atoms with Crippen molar-refractivity contribution in [1.29, 1.82) is 5.26 Å². The van der Waals surface area contributed by atoms with E-state index in [1.807, 2.05) is 0 Å². The monoisotopic (exact) mass is 228 g/mol. The Morgan fingerprint density at radius 1 is 1.41 bits per heavy atom. The van der Waals surface area contributed by atoms with Gasteiger partial charge in [-0.2, -0.15) is 5.26 Å². The maximum absolute atomic E-state index is 11.7. The second-order valence-corrected chi connectivity index (χ2v) is 4.69. The second-order valence-electron chi connectivity index (χ2n) is 4.69. The molecule has 0 radical (unpaired) electrons. The van der Waals surface area contributed by atoms with Gasteiger partial charge in [0.15, 0.2) is 0 Å². The number of rotatable bonds is 4. The highest BCUT2D eigenvalue weighted by atomic mass is 16.2. The number of benzene rings is 1. The number of carbonyl (C=O) groups is 1. The molecule has 1 saturated carbocycles. The van der Waals surface area contributed by atoms with Gasteiger partial charge in [-0.05, 0) is 31.7 Å². The zero-order valence-corrected chi connectivity index (χ0v) is 9.99. The summed E-state index contributed by atoms with van der Waals surface area (Å²) >= 11 is 0. The molecule has 0 saturated heterocycles. The second kappa shape index (κ2) is 4.58. The summed E-state index contributed by atoms with van der Waals surface area (Å²) in [6.45, 7) is 2.65. The van der Waals surface area contributed by atoms with E-state index in [0.29, 0.717) is 19.4 Å². The highest BCUT2D eigenvalue weighted by molar-refractivity contribution is 5.88. The molecule has 3 nitrogen and oxygen atoms in total. The summed E-state index contributed by atoms with van der Waals surface area (Å²) in [5.41, 5.74) is 1.74. The van der Waals surface area contributed by atoms with E-state index in [4.69, 9.17) is 5.26 Å². The first-order chi connectivity index (χ1) is 8.16. The summed E-state index contributed by atoms with van der Waals surface area (Å²) in [5.74, 6) is -0.105. The molecular weight excluding hydrogens is 212 g/mol. The van der Waals surface area contributed by atoms with Crippen molar-refractivity contribution in [2.24, 2.45) is 5.41 Å². The number of nitrogens with zero attached hydrogens (tertiary/aromatic N) is 1. The summed E-state index contributed by atoms with van der Waals surface area (Å²) in [5, 5.41) is 11.7. The van der Waals surface area contributed by atoms with Crippen LogP contribution in [-0.2, 0) is 11.2 Å². The van der Waals surface area contributed by atoms with Gasteiger partial charge < -0.3 is 5.32 Å². The van der Waals surface area contributed by atoms with Gasteiger partial charge in [-0.15, -0.1) is 0 Å². The zero-order valence-electron chi connectivity index (χ0n) is 9.99. The minimum atomic E-state index is -0.701. The summed E-state index contributed by atoms with van der Waals surface area (Å²) in [6.07, 6.45) is 2.23. The van der Waals surface area contributed by atoms with Crippen LogP contribution in [-0.4, -0.2) is 12.5 Å². The third kappa shape index (κ3) is 2.65. The molecular formula is C14H16N2O. The van der Waals surface area contributed by atoms with Crippen LogP contribution in [0, 0.1) is 23.7 Å². The molecule has 0 spiro atoms. The number of aryl methyl sites for hydroxylation is 1. The van der Waals surface area contributed by atoms with Gasteiger partial charge in [0.1, 0.15) is 5.41 Å². The topological polar surface area (TPSA) is 52.9 Å². The Bertz CT molecular complexity index is 452. The maximum atomic E-state index is 11.7. The van der Waals surface area contributed by atoms with Gasteiger partial charge >= 0.3 is 0 Å². The Morgan fingerprint density at radius 3 is 2.59 bits per heavy atom. The van der Waals surface area contributed by atoms with Crippen molar-refractivity contribution in [1.82, 2.24) is 5.32 Å². The maximum Gasteiger partial charge on any atom is 0.240 e. The fraction of sp³-hybridized carbons (Fsp3) is 0.429. The van der Waals surface area contributed by atoms with Crippen LogP contribution >= 0.6 is 0 Å². The van der Waals surface area contributed by atoms with Gasteiger partial charge in [-0.1, -0.05) is 29.8 Å². The normalized spacial score (nSPS) is 16.0. The Kier molecular flexibility index (Phi) is 3.14. The van der Waals surface area contributed by atoms with Crippen molar-refractivity contribution in [3.8, 4) is 6.07 Å². The number of nitriles is 1. The smallest absolute Gasteiger partial charge is 0.240 e. The van der Waals surface area contributed by atoms with E-state index in [2.05, 4.69) is 42.6 Å². The van der Waals surface area contributed by atoms with Crippen molar-refractivity contribution in [2.75, 3.05) is 6.54 Å². The highest BCUT2D eigenvalue weighted by Gasteiger charge is 2.50. The predicted molar refractivity (Wildman–Crippen MR) is 65.2 cm³/mol. The predicted octanol–water partition coefficient (Wildman–Crippen LogP) is 1.96. The summed E-state index contributed by atoms with van der Waals surface area (Å²) in [7, 11) is 0. The first-order valence-corrected chi connectivity index (χ1v) is 5.91. The third-order valence-electron chi connectivity index (χ3n) is 3.22. The van der Waals surface area contributed by atoms with Crippen LogP contribution in [0.5, 0.6) is 0 Å². The number of nitrogens with one attached hydrogen (secondary N) is 1. The van der Waals surface area contributed by atoms with Crippen molar-refractivity contribution in [2.45, 2.75) is 26.2 Å². The lowest BCUT2D eigenvalue weighted by atomic mass is 10.1. The highest BCUT2D eigenvalue weighted by Crippen LogP contribution is 2.44. The van der Waals surface area contributed by atoms with Crippen LogP contribution in [0.1, 0.15) is 24.0 Å². The van der Waals surface area contributed by atoms with Crippen LogP contribution in [0.2, 0.25) is 0 Å². The van der Waals surface area contributed by atoms with Crippen molar-refractivity contribution >= 4 is 5.91 Å². The lowest BCUT2D eigenvalue weighted by Crippen LogP contribution is -2.32. The molecule has 1 aliphatic carbocycles. The molecule has 1 N–H and O–H groups in total. The molecule has 0 atom stereocenters. The minimum absolute atomic E-state index is 0.105. The standard InChI is InChI=1S/C14H16N2O/c1-11-2-4-12(5-3-11)6-9-16-13(17)14(10-15)7-8-14/h2-5H,6-9H2,1H3,(H,16,17). The number of hydrogen-bond acceptors (Lipinski definition) is 2. The van der Waals surface area contributed by atoms with Gasteiger partial charge in [-0.3, -0.25) is 4.79 Å². The fourth-order valence-corrected chi connectivity index (χ4v) is 1.76. The molecule has 2 rings (SSSR count). The van der Waals surface area contributed by atoms with Gasteiger partial charge in [0, 0.05) is 6.54 Å². The average molecular weight is 228 g/mol. The van der Waals surface area contributed by atoms with Crippen molar-refractivity contribution < 1.29 is 4.79 Å². The summed E-state index contributed by atoms with van der Waals surface area (Å²) in [6, 6.07) is 10.4. The molecule has 1 aliphatic rings. The van der Waals surface area contributed by atoms with E-state index in [-0.39, 0.29) is 5.91 Å². The molecule has 0 heterocycles. The van der Waals surface area contributed by atoms with Crippen molar-refractivity contribution in [3.63, 3.8) is 0 Å². The number of amides is 1. The molecule has 17 heavy (non-hydrogen) atoms. The molecule has 1 amide bonds. The van der Waals surface area contributed by atoms with E-state index in [1.165, 1.54) is 11.1 Å². The quantitative estimate of drug-likeness (QED) is 0.856. The largest absolute Gasteiger partial charge is 0.354 e. The van der Waals surface area contributed by atoms with E-state index >= 15 is 0 Å². The Morgan fingerprint density at radius 2 is 2.06 bits per heavy atom. The van der Waals surface area contributed by atoms with Gasteiger partial charge in [0.2, 0.25) is 5.91 Å². The zero-order chi connectivity index (χ0) is 12.3. The molecule has 1 aromatic rings. The van der Waals surface area contributed by atoms with E-state index in [0.717, 1.165) is 6.42 Å². The average Bonchev–Trinajstić information content (AvgIpc) is 3.12. The first kappa shape index (κ1) is 11.7. The molecule has 0 unspecified atom stereocenters. The first-order valence-electron chi connectivity index (χ1n) is 5.91. The van der Waals surface area contributed by atoms with Crippen LogP contribution in [0.25, 0.3) is 0 Å². The van der Waals surface area contributed by atoms with E-state index < -0.39 is 5.41 Å². The molecule has 1 fully saturated rings. The lowest BCUT2D eigenvalue weighted by Gasteiger charge is -2.08. The molecule has 3 heteroatoms. The Hall–Kier alpha value is -1.82. The summed E-state index contributed by atoms with van der Waals surface area (Å²) in [4.78, 5) is 11.7. The third-order valence-corrected chi connectivity index (χ3v) is 3.22. The van der Waals surface area contributed by atoms with Crippen molar-refractivity contribution in [3.05, 3.63) is 35.4 Å². The Balaban J connectivity index is 1.79. The van der Waals surface area contributed by atoms with Crippen LogP contribution in [0.15, 0.2) is 24.3 Å². The van der Waals surface area contributed by atoms with Crippen LogP contribution in [0.3, 0.4) is 0 Å². The molecule has 88 valence electrons. The Labute approximate surface area is 101 Å². The lowest BCUT2D eigenvalue weighted by molar-refractivity contribution is -0.124. The summed E-state index contributed by atoms with van der Waals surface area (Å²) < 4.78 is 0. The van der Waals surface area contributed by atoms with Gasteiger partial charge in [0.05, 0.1) is 6.07 Å².